The van der Waals surface area contributed by atoms with Gasteiger partial charge in [-0.1, -0.05) is 17.4 Å². The van der Waals surface area contributed by atoms with Gasteiger partial charge in [0.2, 0.25) is 10.0 Å². The van der Waals surface area contributed by atoms with Crippen LogP contribution in [0, 0.1) is 0 Å². The molecule has 0 N–H and O–H groups in total. The van der Waals surface area contributed by atoms with Gasteiger partial charge in [0.25, 0.3) is 5.91 Å². The van der Waals surface area contributed by atoms with Crippen LogP contribution in [0.5, 0.6) is 5.75 Å². The number of morpholine rings is 1. The molecule has 1 aliphatic rings. The van der Waals surface area contributed by atoms with Gasteiger partial charge in [-0.15, -0.1) is 0 Å². The van der Waals surface area contributed by atoms with E-state index in [4.69, 9.17) is 9.47 Å². The Kier molecular flexibility index (Phi) is 6.71. The molecular formula is C23H27N3O5S2. The lowest BCUT2D eigenvalue weighted by atomic mass is 10.2. The van der Waals surface area contributed by atoms with Gasteiger partial charge in [0.15, 0.2) is 4.80 Å². The Morgan fingerprint density at radius 3 is 2.45 bits per heavy atom. The summed E-state index contributed by atoms with van der Waals surface area (Å²) < 4.78 is 41.6. The molecule has 33 heavy (non-hydrogen) atoms. The van der Waals surface area contributed by atoms with E-state index in [9.17, 15) is 13.2 Å². The normalized spacial score (nSPS) is 20.3. The van der Waals surface area contributed by atoms with Crippen molar-refractivity contribution in [3.8, 4) is 5.75 Å². The number of carbonyl (C=O) groups excluding carboxylic acids is 1. The van der Waals surface area contributed by atoms with Crippen molar-refractivity contribution in [2.45, 2.75) is 37.9 Å². The molecule has 3 aromatic rings. The number of ether oxygens (including phenoxy) is 2. The summed E-state index contributed by atoms with van der Waals surface area (Å²) in [5, 5.41) is 0. The SMILES string of the molecule is CCOc1cccc2sc(=NC(=O)c3ccc(S(=O)(=O)N4C[C@H](C)O[C@@H](C)C4)cc3)n(C)c12. The standard InChI is InChI=1S/C23H27N3O5S2/c1-5-30-19-7-6-8-20-21(19)25(4)23(32-20)24-22(27)17-9-11-18(12-10-17)33(28,29)26-13-15(2)31-16(3)14-26/h6-12,15-16H,5,13-14H2,1-4H3/t15-,16-/m0/s1. The second-order valence-corrected chi connectivity index (χ2v) is 10.9. The van der Waals surface area contributed by atoms with Crippen LogP contribution >= 0.6 is 11.3 Å². The summed E-state index contributed by atoms with van der Waals surface area (Å²) in [6.45, 7) is 6.77. The highest BCUT2D eigenvalue weighted by atomic mass is 32.2. The van der Waals surface area contributed by atoms with Crippen molar-refractivity contribution in [1.29, 1.82) is 0 Å². The molecule has 2 atom stereocenters. The molecule has 2 heterocycles. The van der Waals surface area contributed by atoms with Crippen LogP contribution in [-0.4, -0.2) is 55.1 Å². The zero-order chi connectivity index (χ0) is 23.8. The van der Waals surface area contributed by atoms with E-state index in [1.807, 2.05) is 50.6 Å². The number of carbonyl (C=O) groups is 1. The highest BCUT2D eigenvalue weighted by Gasteiger charge is 2.32. The maximum absolute atomic E-state index is 13.0. The quantitative estimate of drug-likeness (QED) is 0.549. The Morgan fingerprint density at radius 1 is 1.15 bits per heavy atom. The molecule has 10 heteroatoms. The largest absolute Gasteiger partial charge is 0.492 e. The Hall–Kier alpha value is -2.53. The Balaban J connectivity index is 1.61. The number of hydrogen-bond acceptors (Lipinski definition) is 6. The van der Waals surface area contributed by atoms with Crippen molar-refractivity contribution < 1.29 is 22.7 Å². The van der Waals surface area contributed by atoms with Gasteiger partial charge in [-0.05, 0) is 57.2 Å². The Labute approximate surface area is 197 Å². The highest BCUT2D eigenvalue weighted by molar-refractivity contribution is 7.89. The van der Waals surface area contributed by atoms with Crippen molar-refractivity contribution in [1.82, 2.24) is 8.87 Å². The van der Waals surface area contributed by atoms with E-state index in [2.05, 4.69) is 4.99 Å². The van der Waals surface area contributed by atoms with Crippen LogP contribution < -0.4 is 9.54 Å². The van der Waals surface area contributed by atoms with Crippen molar-refractivity contribution in [2.75, 3.05) is 19.7 Å². The third kappa shape index (κ3) is 4.74. The third-order valence-electron chi connectivity index (χ3n) is 5.41. The molecule has 1 fully saturated rings. The number of aromatic nitrogens is 1. The van der Waals surface area contributed by atoms with Gasteiger partial charge in [0, 0.05) is 25.7 Å². The molecule has 0 saturated carbocycles. The second kappa shape index (κ2) is 9.38. The van der Waals surface area contributed by atoms with E-state index >= 15 is 0 Å². The minimum Gasteiger partial charge on any atom is -0.492 e. The van der Waals surface area contributed by atoms with Gasteiger partial charge in [0.1, 0.15) is 11.3 Å². The average molecular weight is 490 g/mol. The lowest BCUT2D eigenvalue weighted by molar-refractivity contribution is -0.0440. The minimum absolute atomic E-state index is 0.147. The molecular weight excluding hydrogens is 462 g/mol. The van der Waals surface area contributed by atoms with Gasteiger partial charge in [-0.3, -0.25) is 4.79 Å². The summed E-state index contributed by atoms with van der Waals surface area (Å²) in [5.74, 6) is 0.302. The number of sulfonamides is 1. The molecule has 0 aliphatic carbocycles. The molecule has 1 aliphatic heterocycles. The van der Waals surface area contributed by atoms with E-state index < -0.39 is 15.9 Å². The first-order valence-electron chi connectivity index (χ1n) is 10.8. The molecule has 176 valence electrons. The maximum atomic E-state index is 13.0. The second-order valence-electron chi connectivity index (χ2n) is 8.00. The fraction of sp³-hybridized carbons (Fsp3) is 0.391. The number of rotatable bonds is 5. The van der Waals surface area contributed by atoms with Crippen molar-refractivity contribution in [3.63, 3.8) is 0 Å². The fourth-order valence-corrected chi connectivity index (χ4v) is 6.57. The number of aryl methyl sites for hydroxylation is 1. The van der Waals surface area contributed by atoms with Crippen molar-refractivity contribution in [3.05, 3.63) is 52.8 Å². The van der Waals surface area contributed by atoms with Crippen LogP contribution in [0.25, 0.3) is 10.2 Å². The predicted molar refractivity (Wildman–Crippen MR) is 127 cm³/mol. The molecule has 1 amide bonds. The van der Waals surface area contributed by atoms with E-state index in [-0.39, 0.29) is 17.1 Å². The summed E-state index contributed by atoms with van der Waals surface area (Å²) in [6.07, 6.45) is -0.345. The number of hydrogen-bond donors (Lipinski definition) is 0. The monoisotopic (exact) mass is 489 g/mol. The fourth-order valence-electron chi connectivity index (χ4n) is 3.94. The van der Waals surface area contributed by atoms with E-state index in [1.165, 1.54) is 39.9 Å². The first kappa shape index (κ1) is 23.6. The minimum atomic E-state index is -3.67. The molecule has 0 bridgehead atoms. The summed E-state index contributed by atoms with van der Waals surface area (Å²) in [5.41, 5.74) is 1.20. The average Bonchev–Trinajstić information content (AvgIpc) is 3.09. The number of amides is 1. The topological polar surface area (TPSA) is 90.2 Å². The molecule has 1 aromatic heterocycles. The number of fused-ring (bicyclic) bond motifs is 1. The van der Waals surface area contributed by atoms with E-state index in [0.29, 0.717) is 30.1 Å². The van der Waals surface area contributed by atoms with Crippen LogP contribution in [0.4, 0.5) is 0 Å². The van der Waals surface area contributed by atoms with E-state index in [1.54, 1.807) is 0 Å². The summed E-state index contributed by atoms with van der Waals surface area (Å²) >= 11 is 1.39. The lowest BCUT2D eigenvalue weighted by Gasteiger charge is -2.34. The summed E-state index contributed by atoms with van der Waals surface area (Å²) in [6, 6.07) is 11.7. The molecule has 2 aromatic carbocycles. The molecule has 8 nitrogen and oxygen atoms in total. The first-order chi connectivity index (χ1) is 15.7. The number of nitrogens with zero attached hydrogens (tertiary/aromatic N) is 3. The van der Waals surface area contributed by atoms with Crippen LogP contribution in [0.2, 0.25) is 0 Å². The molecule has 0 unspecified atom stereocenters. The number of benzene rings is 2. The van der Waals surface area contributed by atoms with Gasteiger partial charge < -0.3 is 14.0 Å². The highest BCUT2D eigenvalue weighted by Crippen LogP contribution is 2.27. The Morgan fingerprint density at radius 2 is 1.82 bits per heavy atom. The zero-order valence-electron chi connectivity index (χ0n) is 19.0. The van der Waals surface area contributed by atoms with Gasteiger partial charge in [0.05, 0.1) is 28.4 Å². The molecule has 4 rings (SSSR count). The maximum Gasteiger partial charge on any atom is 0.279 e. The zero-order valence-corrected chi connectivity index (χ0v) is 20.6. The lowest BCUT2D eigenvalue weighted by Crippen LogP contribution is -2.48. The smallest absolute Gasteiger partial charge is 0.279 e. The van der Waals surface area contributed by atoms with Crippen LogP contribution in [0.1, 0.15) is 31.1 Å². The number of para-hydroxylation sites is 1. The predicted octanol–water partition coefficient (Wildman–Crippen LogP) is 3.18. The number of thiazole rings is 1. The summed E-state index contributed by atoms with van der Waals surface area (Å²) in [7, 11) is -1.83. The molecule has 1 saturated heterocycles. The first-order valence-corrected chi connectivity index (χ1v) is 13.0. The third-order valence-corrected chi connectivity index (χ3v) is 8.35. The van der Waals surface area contributed by atoms with Gasteiger partial charge >= 0.3 is 0 Å². The summed E-state index contributed by atoms with van der Waals surface area (Å²) in [4.78, 5) is 17.8. The van der Waals surface area contributed by atoms with Crippen LogP contribution in [0.3, 0.4) is 0 Å². The van der Waals surface area contributed by atoms with Crippen LogP contribution in [-0.2, 0) is 21.8 Å². The Bertz CT molecular complexity index is 1330. The van der Waals surface area contributed by atoms with Gasteiger partial charge in [-0.25, -0.2) is 8.42 Å². The van der Waals surface area contributed by atoms with Crippen LogP contribution in [0.15, 0.2) is 52.4 Å². The van der Waals surface area contributed by atoms with E-state index in [0.717, 1.165) is 16.0 Å². The molecule has 0 spiro atoms. The van der Waals surface area contributed by atoms with Crippen molar-refractivity contribution >= 4 is 37.5 Å². The molecule has 0 radical (unpaired) electrons. The van der Waals surface area contributed by atoms with Crippen molar-refractivity contribution in [2.24, 2.45) is 12.0 Å². The van der Waals surface area contributed by atoms with Gasteiger partial charge in [-0.2, -0.15) is 9.30 Å².